The molecule has 2 aliphatic rings. The van der Waals surface area contributed by atoms with Gasteiger partial charge in [-0.2, -0.15) is 0 Å². The van der Waals surface area contributed by atoms with Crippen LogP contribution in [0.1, 0.15) is 77.9 Å². The van der Waals surface area contributed by atoms with Crippen LogP contribution in [0, 0.1) is 24.2 Å². The number of hydrogen-bond donors (Lipinski definition) is 2. The molecule has 2 fully saturated rings. The SMILES string of the molecule is C/C(=C\c1csc(C)n1)[C@H]1OC(=O)C[C@H](O)C(C)(C)C(=O)[C@H](C)[C@@H](O)[C@@H](C)CCC[C@@]2(C)O[C@H]2C1N(C)C. The molecule has 3 rings (SSSR count). The molecule has 1 aromatic heterocycles. The molecule has 0 spiro atoms. The van der Waals surface area contributed by atoms with E-state index in [-0.39, 0.29) is 35.9 Å². The number of aliphatic hydroxyl groups is 2. The van der Waals surface area contributed by atoms with E-state index in [9.17, 15) is 19.8 Å². The van der Waals surface area contributed by atoms with Crippen molar-refractivity contribution in [2.75, 3.05) is 14.1 Å². The molecule has 2 saturated heterocycles. The van der Waals surface area contributed by atoms with E-state index < -0.39 is 35.6 Å². The number of fused-ring (bicyclic) bond motifs is 1. The van der Waals surface area contributed by atoms with Crippen LogP contribution in [0.25, 0.3) is 6.08 Å². The largest absolute Gasteiger partial charge is 0.456 e. The Morgan fingerprint density at radius 3 is 2.45 bits per heavy atom. The number of rotatable bonds is 3. The number of ether oxygens (including phenoxy) is 2. The van der Waals surface area contributed by atoms with Gasteiger partial charge in [0.25, 0.3) is 0 Å². The lowest BCUT2D eigenvalue weighted by molar-refractivity contribution is -0.156. The molecule has 2 aliphatic heterocycles. The van der Waals surface area contributed by atoms with Crippen molar-refractivity contribution < 1.29 is 29.3 Å². The van der Waals surface area contributed by atoms with Crippen molar-refractivity contribution in [1.82, 2.24) is 9.88 Å². The number of thiazole rings is 1. The van der Waals surface area contributed by atoms with E-state index >= 15 is 0 Å². The maximum atomic E-state index is 13.3. The van der Waals surface area contributed by atoms with Crippen molar-refractivity contribution in [3.63, 3.8) is 0 Å². The second-order valence-corrected chi connectivity index (χ2v) is 13.4. The van der Waals surface area contributed by atoms with Gasteiger partial charge in [0.05, 0.1) is 46.4 Å². The molecule has 8 nitrogen and oxygen atoms in total. The van der Waals surface area contributed by atoms with Crippen LogP contribution in [0.5, 0.6) is 0 Å². The third-order valence-corrected chi connectivity index (χ3v) is 9.34. The fourth-order valence-corrected chi connectivity index (χ4v) is 6.30. The summed E-state index contributed by atoms with van der Waals surface area (Å²) in [6, 6.07) is -0.261. The van der Waals surface area contributed by atoms with Gasteiger partial charge in [-0.25, -0.2) is 4.98 Å². The van der Waals surface area contributed by atoms with Gasteiger partial charge in [0.15, 0.2) is 0 Å². The molecule has 1 aromatic rings. The number of hydrogen-bond acceptors (Lipinski definition) is 9. The zero-order chi connectivity index (χ0) is 28.6. The van der Waals surface area contributed by atoms with Crippen LogP contribution < -0.4 is 0 Å². The number of aryl methyl sites for hydroxylation is 1. The second kappa shape index (κ2) is 11.8. The van der Waals surface area contributed by atoms with Crippen molar-refractivity contribution in [1.29, 1.82) is 0 Å². The number of carbonyl (C=O) groups excluding carboxylic acids is 2. The summed E-state index contributed by atoms with van der Waals surface area (Å²) in [5.74, 6) is -1.62. The summed E-state index contributed by atoms with van der Waals surface area (Å²) in [5.41, 5.74) is 0.0188. The fraction of sp³-hybridized carbons (Fsp3) is 0.759. The van der Waals surface area contributed by atoms with Crippen LogP contribution in [-0.2, 0) is 19.1 Å². The number of likely N-dealkylation sites (N-methyl/N-ethyl adjacent to an activating group) is 1. The fourth-order valence-electron chi connectivity index (χ4n) is 5.73. The van der Waals surface area contributed by atoms with Crippen LogP contribution in [0.4, 0.5) is 0 Å². The maximum absolute atomic E-state index is 13.3. The average Bonchev–Trinajstić information content (AvgIpc) is 3.30. The number of ketones is 1. The van der Waals surface area contributed by atoms with E-state index in [1.54, 1.807) is 32.1 Å². The smallest absolute Gasteiger partial charge is 0.309 e. The highest BCUT2D eigenvalue weighted by atomic mass is 32.1. The Morgan fingerprint density at radius 2 is 1.87 bits per heavy atom. The molecule has 0 radical (unpaired) electrons. The lowest BCUT2D eigenvalue weighted by atomic mass is 9.73. The van der Waals surface area contributed by atoms with Crippen LogP contribution in [0.2, 0.25) is 0 Å². The number of aliphatic hydroxyl groups excluding tert-OH is 2. The normalized spacial score (nSPS) is 37.6. The summed E-state index contributed by atoms with van der Waals surface area (Å²) in [7, 11) is 3.89. The van der Waals surface area contributed by atoms with Crippen molar-refractivity contribution in [3.05, 3.63) is 21.7 Å². The lowest BCUT2D eigenvalue weighted by Crippen LogP contribution is -2.49. The van der Waals surface area contributed by atoms with E-state index in [0.717, 1.165) is 35.5 Å². The molecule has 9 heteroatoms. The van der Waals surface area contributed by atoms with Gasteiger partial charge in [0, 0.05) is 11.3 Å². The Labute approximate surface area is 231 Å². The highest BCUT2D eigenvalue weighted by Gasteiger charge is 2.59. The molecule has 3 heterocycles. The number of cyclic esters (lactones) is 1. The number of esters is 1. The van der Waals surface area contributed by atoms with E-state index in [4.69, 9.17) is 9.47 Å². The molecule has 0 aliphatic carbocycles. The predicted molar refractivity (Wildman–Crippen MR) is 149 cm³/mol. The Kier molecular flexibility index (Phi) is 9.62. The summed E-state index contributed by atoms with van der Waals surface area (Å²) >= 11 is 1.55. The van der Waals surface area contributed by atoms with Crippen molar-refractivity contribution >= 4 is 29.2 Å². The summed E-state index contributed by atoms with van der Waals surface area (Å²) in [4.78, 5) is 33.2. The molecule has 214 valence electrons. The minimum absolute atomic E-state index is 0.0929. The number of aromatic nitrogens is 1. The third kappa shape index (κ3) is 6.73. The highest BCUT2D eigenvalue weighted by Crippen LogP contribution is 2.46. The molecular formula is C29H46N2O6S. The van der Waals surface area contributed by atoms with Gasteiger partial charge in [0.2, 0.25) is 0 Å². The number of carbonyl (C=O) groups is 2. The van der Waals surface area contributed by atoms with Gasteiger partial charge in [-0.15, -0.1) is 11.3 Å². The number of Topliss-reactive ketones (excluding diaryl/α,β-unsaturated/α-hetero) is 1. The van der Waals surface area contributed by atoms with Crippen LogP contribution >= 0.6 is 11.3 Å². The first-order valence-electron chi connectivity index (χ1n) is 13.6. The topological polar surface area (TPSA) is 112 Å². The van der Waals surface area contributed by atoms with Crippen LogP contribution in [0.3, 0.4) is 0 Å². The second-order valence-electron chi connectivity index (χ2n) is 12.4. The van der Waals surface area contributed by atoms with Gasteiger partial charge in [0.1, 0.15) is 18.0 Å². The van der Waals surface area contributed by atoms with Crippen molar-refractivity contribution in [2.24, 2.45) is 17.3 Å². The molecule has 0 aromatic carbocycles. The quantitative estimate of drug-likeness (QED) is 0.429. The summed E-state index contributed by atoms with van der Waals surface area (Å²) < 4.78 is 12.4. The monoisotopic (exact) mass is 550 g/mol. The standard InChI is InChI=1S/C29H46N2O6S/c1-16-11-10-12-29(7)27(37-29)23(31(8)9)25(17(2)13-20-15-38-19(4)30-20)36-22(33)14-21(32)28(5,6)26(35)18(3)24(16)34/h13,15-16,18,21,23-25,27,32,34H,10-12,14H2,1-9H3/b17-13+/t16-,18+,21-,23?,24-,25+,27-,29+/m0/s1. The Hall–Kier alpha value is -1.65. The third-order valence-electron chi connectivity index (χ3n) is 8.55. The van der Waals surface area contributed by atoms with E-state index in [1.165, 1.54) is 0 Å². The first-order chi connectivity index (χ1) is 17.6. The first-order valence-corrected chi connectivity index (χ1v) is 14.5. The minimum Gasteiger partial charge on any atom is -0.456 e. The van der Waals surface area contributed by atoms with Crippen molar-refractivity contribution in [3.8, 4) is 0 Å². The minimum atomic E-state index is -1.26. The summed E-state index contributed by atoms with van der Waals surface area (Å²) in [5, 5.41) is 24.9. The van der Waals surface area contributed by atoms with Crippen LogP contribution in [0.15, 0.2) is 11.0 Å². The molecule has 38 heavy (non-hydrogen) atoms. The zero-order valence-corrected chi connectivity index (χ0v) is 25.2. The van der Waals surface area contributed by atoms with Gasteiger partial charge in [-0.05, 0) is 65.3 Å². The van der Waals surface area contributed by atoms with E-state index in [0.29, 0.717) is 0 Å². The number of nitrogens with zero attached hydrogens (tertiary/aromatic N) is 2. The Balaban J connectivity index is 1.99. The average molecular weight is 551 g/mol. The molecule has 0 amide bonds. The highest BCUT2D eigenvalue weighted by molar-refractivity contribution is 7.09. The van der Waals surface area contributed by atoms with Crippen molar-refractivity contribution in [2.45, 2.75) is 110 Å². The van der Waals surface area contributed by atoms with E-state index in [2.05, 4.69) is 11.9 Å². The molecule has 0 bridgehead atoms. The Bertz CT molecular complexity index is 1040. The molecule has 1 unspecified atom stereocenters. The lowest BCUT2D eigenvalue weighted by Gasteiger charge is -2.36. The van der Waals surface area contributed by atoms with Gasteiger partial charge in [-0.1, -0.05) is 34.1 Å². The van der Waals surface area contributed by atoms with Gasteiger partial charge in [-0.3, -0.25) is 9.59 Å². The van der Waals surface area contributed by atoms with Crippen LogP contribution in [-0.4, -0.2) is 82.0 Å². The Morgan fingerprint density at radius 1 is 1.21 bits per heavy atom. The summed E-state index contributed by atoms with van der Waals surface area (Å²) in [6.07, 6.45) is 1.09. The first kappa shape index (κ1) is 30.9. The van der Waals surface area contributed by atoms with E-state index in [1.807, 2.05) is 51.2 Å². The number of epoxide rings is 1. The maximum Gasteiger partial charge on any atom is 0.309 e. The molecular weight excluding hydrogens is 504 g/mol. The summed E-state index contributed by atoms with van der Waals surface area (Å²) in [6.45, 7) is 12.9. The zero-order valence-electron chi connectivity index (χ0n) is 24.4. The van der Waals surface area contributed by atoms with Gasteiger partial charge >= 0.3 is 5.97 Å². The molecule has 8 atom stereocenters. The predicted octanol–water partition coefficient (Wildman–Crippen LogP) is 4.02. The van der Waals surface area contributed by atoms with Gasteiger partial charge < -0.3 is 24.6 Å². The molecule has 0 saturated carbocycles. The molecule has 2 N–H and O–H groups in total.